The monoisotopic (exact) mass is 355 g/mol. The van der Waals surface area contributed by atoms with Crippen molar-refractivity contribution in [3.8, 4) is 0 Å². The smallest absolute Gasteiger partial charge is 0.262 e. The Morgan fingerprint density at radius 3 is 2.76 bits per heavy atom. The van der Waals surface area contributed by atoms with Crippen LogP contribution in [0.3, 0.4) is 0 Å². The van der Waals surface area contributed by atoms with Crippen molar-refractivity contribution in [2.24, 2.45) is 7.05 Å². The minimum absolute atomic E-state index is 0.0748. The van der Waals surface area contributed by atoms with Gasteiger partial charge in [-0.1, -0.05) is 23.9 Å². The molecule has 0 atom stereocenters. The molecule has 0 aliphatic rings. The van der Waals surface area contributed by atoms with E-state index in [1.807, 2.05) is 33.2 Å². The molecular formula is C16H17N7OS. The van der Waals surface area contributed by atoms with Crippen molar-refractivity contribution in [2.45, 2.75) is 30.8 Å². The summed E-state index contributed by atoms with van der Waals surface area (Å²) < 4.78 is 5.47. The van der Waals surface area contributed by atoms with E-state index in [-0.39, 0.29) is 11.6 Å². The third kappa shape index (κ3) is 2.51. The van der Waals surface area contributed by atoms with Gasteiger partial charge in [-0.05, 0) is 26.0 Å². The fourth-order valence-electron chi connectivity index (χ4n) is 2.80. The minimum atomic E-state index is -0.0748. The molecule has 128 valence electrons. The maximum absolute atomic E-state index is 12.5. The van der Waals surface area contributed by atoms with Crippen molar-refractivity contribution in [1.29, 1.82) is 0 Å². The van der Waals surface area contributed by atoms with Gasteiger partial charge in [-0.2, -0.15) is 0 Å². The van der Waals surface area contributed by atoms with Crippen molar-refractivity contribution in [3.05, 3.63) is 46.8 Å². The standard InChI is InChI=1S/C16H17N7OS/c1-10(2)22-9-17-20-16(22)25-8-13-18-19-15-21(3)14(24)11-6-4-5-7-12(11)23(13)15/h4-7,9-10H,8H2,1-3H3. The maximum Gasteiger partial charge on any atom is 0.262 e. The summed E-state index contributed by atoms with van der Waals surface area (Å²) in [6, 6.07) is 7.79. The summed E-state index contributed by atoms with van der Waals surface area (Å²) in [4.78, 5) is 12.5. The quantitative estimate of drug-likeness (QED) is 0.521. The number of rotatable bonds is 4. The third-order valence-electron chi connectivity index (χ3n) is 4.12. The lowest BCUT2D eigenvalue weighted by atomic mass is 10.2. The Labute approximate surface area is 147 Å². The number of nitrogens with zero attached hydrogens (tertiary/aromatic N) is 7. The summed E-state index contributed by atoms with van der Waals surface area (Å²) in [5, 5.41) is 18.1. The van der Waals surface area contributed by atoms with Crippen LogP contribution in [0, 0.1) is 0 Å². The Kier molecular flexibility index (Phi) is 3.79. The van der Waals surface area contributed by atoms with Crippen LogP contribution >= 0.6 is 11.8 Å². The molecule has 0 N–H and O–H groups in total. The molecule has 0 unspecified atom stereocenters. The molecule has 0 amide bonds. The number of para-hydroxylation sites is 1. The fourth-order valence-corrected chi connectivity index (χ4v) is 3.76. The summed E-state index contributed by atoms with van der Waals surface area (Å²) in [7, 11) is 1.71. The number of thioether (sulfide) groups is 1. The Morgan fingerprint density at radius 2 is 1.96 bits per heavy atom. The third-order valence-corrected chi connectivity index (χ3v) is 5.07. The van der Waals surface area contributed by atoms with Gasteiger partial charge < -0.3 is 4.57 Å². The number of benzene rings is 1. The SMILES string of the molecule is CC(C)n1cnnc1SCc1nnc2n(C)c(=O)c3ccccc3n12. The lowest BCUT2D eigenvalue weighted by Crippen LogP contribution is -2.20. The average Bonchev–Trinajstić information content (AvgIpc) is 3.24. The number of hydrogen-bond donors (Lipinski definition) is 0. The summed E-state index contributed by atoms with van der Waals surface area (Å²) in [5.74, 6) is 1.88. The fraction of sp³-hybridized carbons (Fsp3) is 0.312. The maximum atomic E-state index is 12.5. The van der Waals surface area contributed by atoms with Crippen LogP contribution in [0.4, 0.5) is 0 Å². The van der Waals surface area contributed by atoms with Crippen molar-refractivity contribution < 1.29 is 0 Å². The van der Waals surface area contributed by atoms with Gasteiger partial charge in [0.25, 0.3) is 5.56 Å². The number of aryl methyl sites for hydroxylation is 1. The van der Waals surface area contributed by atoms with E-state index in [2.05, 4.69) is 34.2 Å². The first-order valence-electron chi connectivity index (χ1n) is 7.92. The van der Waals surface area contributed by atoms with Gasteiger partial charge in [0, 0.05) is 13.1 Å². The Bertz CT molecular complexity index is 1120. The Balaban J connectivity index is 1.81. The van der Waals surface area contributed by atoms with Crippen molar-refractivity contribution in [2.75, 3.05) is 0 Å². The van der Waals surface area contributed by atoms with Crippen LogP contribution in [-0.2, 0) is 12.8 Å². The topological polar surface area (TPSA) is 82.9 Å². The van der Waals surface area contributed by atoms with Gasteiger partial charge in [-0.3, -0.25) is 13.8 Å². The molecule has 0 bridgehead atoms. The second-order valence-corrected chi connectivity index (χ2v) is 6.98. The molecule has 0 spiro atoms. The van der Waals surface area contributed by atoms with Gasteiger partial charge in [0.15, 0.2) is 5.16 Å². The highest BCUT2D eigenvalue weighted by molar-refractivity contribution is 7.98. The van der Waals surface area contributed by atoms with Crippen molar-refractivity contribution in [3.63, 3.8) is 0 Å². The zero-order valence-corrected chi connectivity index (χ0v) is 14.9. The van der Waals surface area contributed by atoms with Crippen LogP contribution in [0.2, 0.25) is 0 Å². The summed E-state index contributed by atoms with van der Waals surface area (Å²) >= 11 is 1.55. The molecule has 25 heavy (non-hydrogen) atoms. The van der Waals surface area contributed by atoms with Crippen LogP contribution in [0.25, 0.3) is 16.7 Å². The van der Waals surface area contributed by atoms with E-state index in [9.17, 15) is 4.79 Å². The van der Waals surface area contributed by atoms with Crippen LogP contribution < -0.4 is 5.56 Å². The molecule has 0 saturated heterocycles. The first-order chi connectivity index (χ1) is 12.1. The van der Waals surface area contributed by atoms with Gasteiger partial charge in [0.2, 0.25) is 5.78 Å². The Morgan fingerprint density at radius 1 is 1.16 bits per heavy atom. The molecule has 3 heterocycles. The van der Waals surface area contributed by atoms with Gasteiger partial charge >= 0.3 is 0 Å². The van der Waals surface area contributed by atoms with Gasteiger partial charge in [0.1, 0.15) is 12.2 Å². The molecule has 3 aromatic heterocycles. The lowest BCUT2D eigenvalue weighted by Gasteiger charge is -2.09. The molecule has 9 heteroatoms. The van der Waals surface area contributed by atoms with E-state index in [4.69, 9.17) is 0 Å². The molecule has 0 radical (unpaired) electrons. The molecule has 0 saturated carbocycles. The highest BCUT2D eigenvalue weighted by Crippen LogP contribution is 2.23. The van der Waals surface area contributed by atoms with Crippen molar-refractivity contribution >= 4 is 28.4 Å². The van der Waals surface area contributed by atoms with Gasteiger partial charge in [0.05, 0.1) is 16.7 Å². The highest BCUT2D eigenvalue weighted by atomic mass is 32.2. The predicted molar refractivity (Wildman–Crippen MR) is 95.7 cm³/mol. The summed E-state index contributed by atoms with van der Waals surface area (Å²) in [6.07, 6.45) is 1.73. The number of aromatic nitrogens is 7. The van der Waals surface area contributed by atoms with Crippen LogP contribution in [0.15, 0.2) is 40.5 Å². The van der Waals surface area contributed by atoms with E-state index in [0.717, 1.165) is 16.5 Å². The molecular weight excluding hydrogens is 338 g/mol. The highest BCUT2D eigenvalue weighted by Gasteiger charge is 2.16. The zero-order valence-electron chi connectivity index (χ0n) is 14.1. The molecule has 0 fully saturated rings. The average molecular weight is 355 g/mol. The minimum Gasteiger partial charge on any atom is -0.306 e. The second-order valence-electron chi connectivity index (χ2n) is 6.04. The molecule has 1 aromatic carbocycles. The van der Waals surface area contributed by atoms with E-state index in [0.29, 0.717) is 16.9 Å². The number of hydrogen-bond acceptors (Lipinski definition) is 6. The summed E-state index contributed by atoms with van der Waals surface area (Å²) in [6.45, 7) is 4.17. The summed E-state index contributed by atoms with van der Waals surface area (Å²) in [5.41, 5.74) is 0.737. The predicted octanol–water partition coefficient (Wildman–Crippen LogP) is 2.05. The largest absolute Gasteiger partial charge is 0.306 e. The molecule has 0 aliphatic heterocycles. The van der Waals surface area contributed by atoms with Crippen LogP contribution in [-0.4, -0.2) is 33.9 Å². The first kappa shape index (κ1) is 15.8. The van der Waals surface area contributed by atoms with Crippen LogP contribution in [0.5, 0.6) is 0 Å². The first-order valence-corrected chi connectivity index (χ1v) is 8.90. The Hall–Kier alpha value is -2.68. The zero-order chi connectivity index (χ0) is 17.6. The van der Waals surface area contributed by atoms with E-state index in [1.54, 1.807) is 25.1 Å². The van der Waals surface area contributed by atoms with Gasteiger partial charge in [-0.25, -0.2) is 0 Å². The van der Waals surface area contributed by atoms with Crippen LogP contribution in [0.1, 0.15) is 25.7 Å². The lowest BCUT2D eigenvalue weighted by molar-refractivity contribution is 0.549. The molecule has 8 nitrogen and oxygen atoms in total. The van der Waals surface area contributed by atoms with E-state index >= 15 is 0 Å². The second kappa shape index (κ2) is 5.99. The molecule has 4 rings (SSSR count). The van der Waals surface area contributed by atoms with Crippen molar-refractivity contribution in [1.82, 2.24) is 33.9 Å². The van der Waals surface area contributed by atoms with E-state index in [1.165, 1.54) is 4.57 Å². The number of fused-ring (bicyclic) bond motifs is 3. The molecule has 0 aliphatic carbocycles. The molecule has 4 aromatic rings. The normalized spacial score (nSPS) is 11.8. The van der Waals surface area contributed by atoms with E-state index < -0.39 is 0 Å². The van der Waals surface area contributed by atoms with Gasteiger partial charge in [-0.15, -0.1) is 20.4 Å².